The van der Waals surface area contributed by atoms with Crippen LogP contribution in [0.2, 0.25) is 0 Å². The van der Waals surface area contributed by atoms with E-state index >= 15 is 0 Å². The molecule has 3 nitrogen and oxygen atoms in total. The number of aliphatic hydroxyl groups excluding tert-OH is 1. The number of hydrogen-bond donors (Lipinski definition) is 2. The Kier molecular flexibility index (Phi) is 3.86. The molecule has 1 atom stereocenters. The summed E-state index contributed by atoms with van der Waals surface area (Å²) in [5.41, 5.74) is 2.17. The van der Waals surface area contributed by atoms with Crippen molar-refractivity contribution in [3.8, 4) is 0 Å². The Morgan fingerprint density at radius 1 is 1.54 bits per heavy atom. The Balaban J connectivity index is 2.33. The van der Waals surface area contributed by atoms with Crippen LogP contribution in [0.25, 0.3) is 0 Å². The molecule has 2 N–H and O–H groups in total. The first-order valence-electron chi connectivity index (χ1n) is 4.49. The van der Waals surface area contributed by atoms with Crippen molar-refractivity contribution in [2.75, 3.05) is 6.54 Å². The van der Waals surface area contributed by atoms with Gasteiger partial charge in [-0.15, -0.1) is 0 Å². The van der Waals surface area contributed by atoms with Crippen molar-refractivity contribution >= 4 is 0 Å². The Labute approximate surface area is 78.8 Å². The van der Waals surface area contributed by atoms with E-state index in [1.807, 2.05) is 25.3 Å². The Morgan fingerprint density at radius 2 is 2.31 bits per heavy atom. The number of aromatic nitrogens is 1. The van der Waals surface area contributed by atoms with Crippen LogP contribution >= 0.6 is 0 Å². The molecular formula is C10H16N2O. The van der Waals surface area contributed by atoms with Crippen LogP contribution in [0.15, 0.2) is 18.3 Å². The lowest BCUT2D eigenvalue weighted by Crippen LogP contribution is -2.24. The summed E-state index contributed by atoms with van der Waals surface area (Å²) in [5, 5.41) is 12.1. The molecule has 1 aromatic heterocycles. The van der Waals surface area contributed by atoms with Crippen LogP contribution in [0.1, 0.15) is 18.2 Å². The molecule has 0 bridgehead atoms. The van der Waals surface area contributed by atoms with Gasteiger partial charge < -0.3 is 10.4 Å². The molecular weight excluding hydrogens is 164 g/mol. The van der Waals surface area contributed by atoms with E-state index in [2.05, 4.69) is 10.3 Å². The fourth-order valence-electron chi connectivity index (χ4n) is 1.01. The molecule has 72 valence electrons. The van der Waals surface area contributed by atoms with Gasteiger partial charge in [0.25, 0.3) is 0 Å². The van der Waals surface area contributed by atoms with Gasteiger partial charge in [-0.2, -0.15) is 0 Å². The lowest BCUT2D eigenvalue weighted by molar-refractivity contribution is 0.191. The molecule has 0 aliphatic heterocycles. The summed E-state index contributed by atoms with van der Waals surface area (Å²) < 4.78 is 0. The minimum absolute atomic E-state index is 0.301. The summed E-state index contributed by atoms with van der Waals surface area (Å²) in [4.78, 5) is 4.23. The number of nitrogens with one attached hydrogen (secondary N) is 1. The fraction of sp³-hybridized carbons (Fsp3) is 0.500. The average Bonchev–Trinajstić information content (AvgIpc) is 2.08. The first-order valence-corrected chi connectivity index (χ1v) is 4.49. The zero-order valence-electron chi connectivity index (χ0n) is 8.12. The number of hydrogen-bond acceptors (Lipinski definition) is 3. The van der Waals surface area contributed by atoms with E-state index in [1.54, 1.807) is 6.92 Å². The Bertz CT molecular complexity index is 244. The van der Waals surface area contributed by atoms with Crippen LogP contribution in [0.4, 0.5) is 0 Å². The SMILES string of the molecule is Cc1ccc(CNCC(C)O)nc1. The minimum Gasteiger partial charge on any atom is -0.392 e. The summed E-state index contributed by atoms with van der Waals surface area (Å²) in [6, 6.07) is 4.02. The molecule has 0 spiro atoms. The van der Waals surface area contributed by atoms with E-state index in [0.717, 1.165) is 5.69 Å². The van der Waals surface area contributed by atoms with Gasteiger partial charge in [-0.05, 0) is 25.5 Å². The lowest BCUT2D eigenvalue weighted by Gasteiger charge is -2.06. The predicted octanol–water partition coefficient (Wildman–Crippen LogP) is 0.860. The molecule has 0 aliphatic carbocycles. The van der Waals surface area contributed by atoms with Crippen LogP contribution in [-0.2, 0) is 6.54 Å². The first-order chi connectivity index (χ1) is 6.18. The number of aliphatic hydroxyl groups is 1. The molecule has 0 fully saturated rings. The van der Waals surface area contributed by atoms with Crippen LogP contribution in [0, 0.1) is 6.92 Å². The van der Waals surface area contributed by atoms with Crippen molar-refractivity contribution in [3.05, 3.63) is 29.6 Å². The van der Waals surface area contributed by atoms with Gasteiger partial charge in [-0.1, -0.05) is 6.07 Å². The van der Waals surface area contributed by atoms with Crippen molar-refractivity contribution in [1.82, 2.24) is 10.3 Å². The third kappa shape index (κ3) is 4.01. The van der Waals surface area contributed by atoms with Crippen LogP contribution < -0.4 is 5.32 Å². The summed E-state index contributed by atoms with van der Waals surface area (Å²) >= 11 is 0. The molecule has 13 heavy (non-hydrogen) atoms. The normalized spacial score (nSPS) is 12.8. The van der Waals surface area contributed by atoms with Crippen molar-refractivity contribution in [1.29, 1.82) is 0 Å². The van der Waals surface area contributed by atoms with Crippen LogP contribution in [-0.4, -0.2) is 22.7 Å². The molecule has 0 aliphatic rings. The number of aryl methyl sites for hydroxylation is 1. The first kappa shape index (κ1) is 10.2. The smallest absolute Gasteiger partial charge is 0.0636 e. The monoisotopic (exact) mass is 180 g/mol. The van der Waals surface area contributed by atoms with Gasteiger partial charge in [-0.3, -0.25) is 4.98 Å². The zero-order valence-corrected chi connectivity index (χ0v) is 8.12. The van der Waals surface area contributed by atoms with E-state index in [4.69, 9.17) is 5.11 Å². The molecule has 0 radical (unpaired) electrons. The molecule has 1 heterocycles. The number of pyridine rings is 1. The Morgan fingerprint density at radius 3 is 2.85 bits per heavy atom. The highest BCUT2D eigenvalue weighted by Gasteiger charge is 1.96. The molecule has 0 aromatic carbocycles. The topological polar surface area (TPSA) is 45.1 Å². The van der Waals surface area contributed by atoms with Crippen molar-refractivity contribution in [2.24, 2.45) is 0 Å². The minimum atomic E-state index is -0.301. The quantitative estimate of drug-likeness (QED) is 0.722. The largest absolute Gasteiger partial charge is 0.392 e. The molecule has 3 heteroatoms. The predicted molar refractivity (Wildman–Crippen MR) is 52.4 cm³/mol. The van der Waals surface area contributed by atoms with Gasteiger partial charge in [0.15, 0.2) is 0 Å². The number of nitrogens with zero attached hydrogens (tertiary/aromatic N) is 1. The fourth-order valence-corrected chi connectivity index (χ4v) is 1.01. The average molecular weight is 180 g/mol. The van der Waals surface area contributed by atoms with E-state index < -0.39 is 0 Å². The lowest BCUT2D eigenvalue weighted by atomic mass is 10.3. The second-order valence-electron chi connectivity index (χ2n) is 3.31. The van der Waals surface area contributed by atoms with Crippen molar-refractivity contribution in [2.45, 2.75) is 26.5 Å². The van der Waals surface area contributed by atoms with Gasteiger partial charge in [-0.25, -0.2) is 0 Å². The van der Waals surface area contributed by atoms with Gasteiger partial charge >= 0.3 is 0 Å². The molecule has 1 aromatic rings. The summed E-state index contributed by atoms with van der Waals surface area (Å²) in [7, 11) is 0. The van der Waals surface area contributed by atoms with Gasteiger partial charge in [0.05, 0.1) is 11.8 Å². The highest BCUT2D eigenvalue weighted by molar-refractivity contribution is 5.11. The molecule has 0 amide bonds. The number of rotatable bonds is 4. The standard InChI is InChI=1S/C10H16N2O/c1-8-3-4-10(12-5-8)7-11-6-9(2)13/h3-5,9,11,13H,6-7H2,1-2H3. The second kappa shape index (κ2) is 4.94. The van der Waals surface area contributed by atoms with Gasteiger partial charge in [0.1, 0.15) is 0 Å². The van der Waals surface area contributed by atoms with Gasteiger partial charge in [0, 0.05) is 19.3 Å². The van der Waals surface area contributed by atoms with Gasteiger partial charge in [0.2, 0.25) is 0 Å². The highest BCUT2D eigenvalue weighted by atomic mass is 16.3. The molecule has 1 unspecified atom stereocenters. The molecule has 0 saturated heterocycles. The summed E-state index contributed by atoms with van der Waals surface area (Å²) in [5.74, 6) is 0. The van der Waals surface area contributed by atoms with Crippen LogP contribution in [0.3, 0.4) is 0 Å². The van der Waals surface area contributed by atoms with E-state index in [-0.39, 0.29) is 6.10 Å². The van der Waals surface area contributed by atoms with E-state index in [1.165, 1.54) is 5.56 Å². The van der Waals surface area contributed by atoms with Crippen molar-refractivity contribution in [3.63, 3.8) is 0 Å². The maximum absolute atomic E-state index is 8.99. The third-order valence-electron chi connectivity index (χ3n) is 1.72. The summed E-state index contributed by atoms with van der Waals surface area (Å²) in [6.07, 6.45) is 1.55. The zero-order chi connectivity index (χ0) is 9.68. The van der Waals surface area contributed by atoms with E-state index in [0.29, 0.717) is 13.1 Å². The third-order valence-corrected chi connectivity index (χ3v) is 1.72. The van der Waals surface area contributed by atoms with E-state index in [9.17, 15) is 0 Å². The van der Waals surface area contributed by atoms with Crippen molar-refractivity contribution < 1.29 is 5.11 Å². The Hall–Kier alpha value is -0.930. The molecule has 0 saturated carbocycles. The summed E-state index contributed by atoms with van der Waals surface area (Å²) in [6.45, 7) is 5.09. The molecule has 1 rings (SSSR count). The second-order valence-corrected chi connectivity index (χ2v) is 3.31. The maximum Gasteiger partial charge on any atom is 0.0636 e. The maximum atomic E-state index is 8.99. The highest BCUT2D eigenvalue weighted by Crippen LogP contribution is 1.97. The van der Waals surface area contributed by atoms with Crippen LogP contribution in [0.5, 0.6) is 0 Å².